The van der Waals surface area contributed by atoms with Gasteiger partial charge in [0.05, 0.1) is 19.4 Å². The van der Waals surface area contributed by atoms with Crippen molar-refractivity contribution in [3.63, 3.8) is 0 Å². The average molecular weight is 374 g/mol. The van der Waals surface area contributed by atoms with Crippen LogP contribution in [0.15, 0.2) is 29.3 Å². The summed E-state index contributed by atoms with van der Waals surface area (Å²) >= 11 is 0. The van der Waals surface area contributed by atoms with Crippen LogP contribution in [0.4, 0.5) is 5.69 Å². The molecule has 0 saturated heterocycles. The molecule has 0 bridgehead atoms. The lowest BCUT2D eigenvalue weighted by atomic mass is 10.2. The zero-order chi connectivity index (χ0) is 19.6. The molecule has 2 N–H and O–H groups in total. The predicted octanol–water partition coefficient (Wildman–Crippen LogP) is 3.37. The predicted molar refractivity (Wildman–Crippen MR) is 110 cm³/mol. The standard InChI is InChI=1S/C20H31N5O2/c1-6-21-20(22-11-8-12-25-16(4)13-15(3)24-25)23-17-9-10-18(26-5)19(14-17)27-7-2/h9-10,13-14H,6-8,11-12H2,1-5H3,(H2,21,22,23). The van der Waals surface area contributed by atoms with Crippen molar-refractivity contribution in [3.8, 4) is 11.5 Å². The van der Waals surface area contributed by atoms with E-state index in [9.17, 15) is 0 Å². The summed E-state index contributed by atoms with van der Waals surface area (Å²) in [5, 5.41) is 11.1. The van der Waals surface area contributed by atoms with Gasteiger partial charge in [-0.25, -0.2) is 0 Å². The van der Waals surface area contributed by atoms with Crippen LogP contribution in [-0.4, -0.2) is 42.5 Å². The molecule has 0 saturated carbocycles. The Hall–Kier alpha value is -2.70. The van der Waals surface area contributed by atoms with Gasteiger partial charge in [-0.1, -0.05) is 0 Å². The fourth-order valence-corrected chi connectivity index (χ4v) is 2.78. The minimum absolute atomic E-state index is 0.584. The number of guanidine groups is 1. The highest BCUT2D eigenvalue weighted by atomic mass is 16.5. The fraction of sp³-hybridized carbons (Fsp3) is 0.500. The second-order valence-corrected chi connectivity index (χ2v) is 6.19. The third-order valence-electron chi connectivity index (χ3n) is 3.97. The Labute approximate surface area is 161 Å². The van der Waals surface area contributed by atoms with Crippen LogP contribution in [0, 0.1) is 13.8 Å². The van der Waals surface area contributed by atoms with Gasteiger partial charge in [-0.3, -0.25) is 9.67 Å². The van der Waals surface area contributed by atoms with Gasteiger partial charge in [0.2, 0.25) is 0 Å². The van der Waals surface area contributed by atoms with Gasteiger partial charge in [0.1, 0.15) is 0 Å². The Morgan fingerprint density at radius 1 is 1.19 bits per heavy atom. The molecule has 1 aromatic heterocycles. The minimum atomic E-state index is 0.584. The van der Waals surface area contributed by atoms with Crippen LogP contribution in [0.2, 0.25) is 0 Å². The molecule has 0 fully saturated rings. The number of hydrogen-bond donors (Lipinski definition) is 2. The highest BCUT2D eigenvalue weighted by Crippen LogP contribution is 2.30. The summed E-state index contributed by atoms with van der Waals surface area (Å²) in [5.74, 6) is 2.18. The average Bonchev–Trinajstić information content (AvgIpc) is 2.96. The van der Waals surface area contributed by atoms with Crippen molar-refractivity contribution in [1.82, 2.24) is 15.1 Å². The van der Waals surface area contributed by atoms with Crippen LogP contribution in [0.3, 0.4) is 0 Å². The van der Waals surface area contributed by atoms with Gasteiger partial charge in [0.25, 0.3) is 0 Å². The van der Waals surface area contributed by atoms with Gasteiger partial charge >= 0.3 is 0 Å². The lowest BCUT2D eigenvalue weighted by Gasteiger charge is -2.14. The number of hydrogen-bond acceptors (Lipinski definition) is 4. The van der Waals surface area contributed by atoms with Crippen molar-refractivity contribution < 1.29 is 9.47 Å². The van der Waals surface area contributed by atoms with Crippen molar-refractivity contribution in [3.05, 3.63) is 35.7 Å². The van der Waals surface area contributed by atoms with Gasteiger partial charge < -0.3 is 20.1 Å². The molecule has 0 aliphatic heterocycles. The van der Waals surface area contributed by atoms with Crippen LogP contribution >= 0.6 is 0 Å². The molecule has 7 nitrogen and oxygen atoms in total. The minimum Gasteiger partial charge on any atom is -0.493 e. The van der Waals surface area contributed by atoms with Crippen LogP contribution in [0.25, 0.3) is 0 Å². The number of methoxy groups -OCH3 is 1. The molecular weight excluding hydrogens is 342 g/mol. The number of rotatable bonds is 9. The van der Waals surface area contributed by atoms with E-state index in [4.69, 9.17) is 9.47 Å². The lowest BCUT2D eigenvalue weighted by Crippen LogP contribution is -2.30. The number of aryl methyl sites for hydroxylation is 3. The van der Waals surface area contributed by atoms with Crippen LogP contribution in [0.5, 0.6) is 11.5 Å². The number of aromatic nitrogens is 2. The first-order valence-corrected chi connectivity index (χ1v) is 9.44. The first kappa shape index (κ1) is 20.6. The topological polar surface area (TPSA) is 72.7 Å². The normalized spacial score (nSPS) is 11.4. The number of ether oxygens (including phenoxy) is 2. The molecule has 0 aliphatic carbocycles. The van der Waals surface area contributed by atoms with E-state index in [-0.39, 0.29) is 0 Å². The Kier molecular flexibility index (Phi) is 7.98. The lowest BCUT2D eigenvalue weighted by molar-refractivity contribution is 0.311. The summed E-state index contributed by atoms with van der Waals surface area (Å²) < 4.78 is 13.0. The van der Waals surface area contributed by atoms with E-state index >= 15 is 0 Å². The molecule has 7 heteroatoms. The highest BCUT2D eigenvalue weighted by Gasteiger charge is 2.07. The van der Waals surface area contributed by atoms with E-state index < -0.39 is 0 Å². The summed E-state index contributed by atoms with van der Waals surface area (Å²) in [4.78, 5) is 4.66. The van der Waals surface area contributed by atoms with Gasteiger partial charge in [0.15, 0.2) is 17.5 Å². The number of benzene rings is 1. The molecule has 27 heavy (non-hydrogen) atoms. The maximum Gasteiger partial charge on any atom is 0.195 e. The summed E-state index contributed by atoms with van der Waals surface area (Å²) in [7, 11) is 1.64. The van der Waals surface area contributed by atoms with Crippen LogP contribution in [0.1, 0.15) is 31.7 Å². The zero-order valence-electron chi connectivity index (χ0n) is 17.0. The molecule has 2 aromatic rings. The SMILES string of the molecule is CCNC(=NCCCn1nc(C)cc1C)Nc1ccc(OC)c(OCC)c1. The molecule has 0 spiro atoms. The van der Waals surface area contributed by atoms with Crippen LogP contribution < -0.4 is 20.1 Å². The first-order chi connectivity index (χ1) is 13.1. The maximum absolute atomic E-state index is 5.64. The van der Waals surface area contributed by atoms with Gasteiger partial charge in [-0.2, -0.15) is 5.10 Å². The maximum atomic E-state index is 5.64. The number of anilines is 1. The Morgan fingerprint density at radius 2 is 2.00 bits per heavy atom. The smallest absolute Gasteiger partial charge is 0.195 e. The molecule has 1 aromatic carbocycles. The molecule has 2 rings (SSSR count). The Bertz CT molecular complexity index is 755. The van der Waals surface area contributed by atoms with E-state index in [1.165, 1.54) is 5.69 Å². The molecule has 0 amide bonds. The monoisotopic (exact) mass is 373 g/mol. The first-order valence-electron chi connectivity index (χ1n) is 9.44. The van der Waals surface area contributed by atoms with E-state index in [2.05, 4.69) is 33.7 Å². The number of aliphatic imine (C=N–C) groups is 1. The number of nitrogens with one attached hydrogen (secondary N) is 2. The molecule has 0 atom stereocenters. The van der Waals surface area contributed by atoms with Crippen molar-refractivity contribution in [2.45, 2.75) is 40.7 Å². The van der Waals surface area contributed by atoms with Gasteiger partial charge in [-0.05, 0) is 52.3 Å². The zero-order valence-corrected chi connectivity index (χ0v) is 17.0. The van der Waals surface area contributed by atoms with E-state index in [1.54, 1.807) is 7.11 Å². The Balaban J connectivity index is 1.98. The van der Waals surface area contributed by atoms with E-state index in [0.717, 1.165) is 36.9 Å². The third kappa shape index (κ3) is 6.20. The van der Waals surface area contributed by atoms with Crippen molar-refractivity contribution in [2.24, 2.45) is 4.99 Å². The van der Waals surface area contributed by atoms with Crippen molar-refractivity contribution in [2.75, 3.05) is 32.1 Å². The summed E-state index contributed by atoms with van der Waals surface area (Å²) in [6, 6.07) is 7.85. The van der Waals surface area contributed by atoms with E-state index in [1.807, 2.05) is 43.7 Å². The largest absolute Gasteiger partial charge is 0.493 e. The fourth-order valence-electron chi connectivity index (χ4n) is 2.78. The second kappa shape index (κ2) is 10.4. The van der Waals surface area contributed by atoms with Gasteiger partial charge in [-0.15, -0.1) is 0 Å². The summed E-state index contributed by atoms with van der Waals surface area (Å²) in [6.07, 6.45) is 0.922. The van der Waals surface area contributed by atoms with Crippen LogP contribution in [-0.2, 0) is 6.54 Å². The molecule has 0 unspecified atom stereocenters. The highest BCUT2D eigenvalue weighted by molar-refractivity contribution is 5.93. The molecule has 0 aliphatic rings. The Morgan fingerprint density at radius 3 is 2.63 bits per heavy atom. The molecule has 0 radical (unpaired) electrons. The number of nitrogens with zero attached hydrogens (tertiary/aromatic N) is 3. The van der Waals surface area contributed by atoms with E-state index in [0.29, 0.717) is 24.7 Å². The van der Waals surface area contributed by atoms with Crippen molar-refractivity contribution >= 4 is 11.6 Å². The second-order valence-electron chi connectivity index (χ2n) is 6.19. The molecule has 1 heterocycles. The molecule has 148 valence electrons. The van der Waals surface area contributed by atoms with Gasteiger partial charge in [0, 0.05) is 37.1 Å². The summed E-state index contributed by atoms with van der Waals surface area (Å²) in [6.45, 7) is 11.0. The quantitative estimate of drug-likeness (QED) is 0.400. The van der Waals surface area contributed by atoms with Crippen molar-refractivity contribution in [1.29, 1.82) is 0 Å². The molecular formula is C20H31N5O2. The summed E-state index contributed by atoms with van der Waals surface area (Å²) in [5.41, 5.74) is 3.14. The third-order valence-corrected chi connectivity index (χ3v) is 3.97.